The molecule has 0 saturated heterocycles. The number of carbonyl (C=O) groups is 2. The zero-order valence-electron chi connectivity index (χ0n) is 19.6. The number of aliphatic carboxylic acids is 2. The number of halogens is 2. The van der Waals surface area contributed by atoms with Crippen LogP contribution in [0.3, 0.4) is 0 Å². The van der Waals surface area contributed by atoms with E-state index in [9.17, 15) is 22.9 Å². The van der Waals surface area contributed by atoms with E-state index in [4.69, 9.17) is 10.2 Å². The molecule has 0 bridgehead atoms. The lowest BCUT2D eigenvalue weighted by Crippen LogP contribution is -2.34. The summed E-state index contributed by atoms with van der Waals surface area (Å²) in [6.45, 7) is 11.8. The SMILES string of the molecule is CC(=C(F)C(=O)O)c1ccc(C(C)(C)C)cc1.CCOP(=O)(OCC)C(F)(CC)C(=O)O. The third kappa shape index (κ3) is 7.50. The van der Waals surface area contributed by atoms with Crippen LogP contribution in [0.15, 0.2) is 30.1 Å². The monoisotopic (exact) mass is 478 g/mol. The third-order valence-corrected chi connectivity index (χ3v) is 7.10. The van der Waals surface area contributed by atoms with Gasteiger partial charge in [0.25, 0.3) is 0 Å². The van der Waals surface area contributed by atoms with Crippen molar-refractivity contribution in [2.75, 3.05) is 13.2 Å². The number of hydrogen-bond acceptors (Lipinski definition) is 5. The number of carboxylic acid groups (broad SMARTS) is 2. The lowest BCUT2D eigenvalue weighted by atomic mass is 9.86. The van der Waals surface area contributed by atoms with Gasteiger partial charge in [0.1, 0.15) is 0 Å². The van der Waals surface area contributed by atoms with Gasteiger partial charge < -0.3 is 19.3 Å². The van der Waals surface area contributed by atoms with Crippen LogP contribution in [0.1, 0.15) is 66.0 Å². The highest BCUT2D eigenvalue weighted by molar-refractivity contribution is 7.56. The first kappa shape index (κ1) is 29.9. The highest BCUT2D eigenvalue weighted by Crippen LogP contribution is 2.62. The molecule has 0 aliphatic heterocycles. The Morgan fingerprint density at radius 1 is 1.00 bits per heavy atom. The van der Waals surface area contributed by atoms with E-state index in [2.05, 4.69) is 29.8 Å². The van der Waals surface area contributed by atoms with Crippen molar-refractivity contribution in [3.8, 4) is 0 Å². The fraction of sp³-hybridized carbons (Fsp3) is 0.545. The molecule has 0 aromatic heterocycles. The van der Waals surface area contributed by atoms with Gasteiger partial charge in [-0.3, -0.25) is 4.57 Å². The number of rotatable bonds is 9. The van der Waals surface area contributed by atoms with Crippen molar-refractivity contribution < 1.29 is 42.2 Å². The molecule has 1 unspecified atom stereocenters. The summed E-state index contributed by atoms with van der Waals surface area (Å²) < 4.78 is 48.4. The van der Waals surface area contributed by atoms with E-state index in [1.807, 2.05) is 12.1 Å². The highest BCUT2D eigenvalue weighted by atomic mass is 31.2. The van der Waals surface area contributed by atoms with Gasteiger partial charge in [0.05, 0.1) is 13.2 Å². The molecule has 0 amide bonds. The van der Waals surface area contributed by atoms with Gasteiger partial charge in [-0.15, -0.1) is 0 Å². The molecular weight excluding hydrogens is 445 g/mol. The molecule has 2 N–H and O–H groups in total. The van der Waals surface area contributed by atoms with Crippen LogP contribution in [-0.2, 0) is 28.6 Å². The number of allylic oxidation sites excluding steroid dienone is 1. The van der Waals surface area contributed by atoms with Crippen LogP contribution in [0.4, 0.5) is 8.78 Å². The second kappa shape index (κ2) is 12.2. The van der Waals surface area contributed by atoms with Crippen LogP contribution in [0, 0.1) is 0 Å². The lowest BCUT2D eigenvalue weighted by Gasteiger charge is -2.27. The van der Waals surface area contributed by atoms with E-state index in [1.54, 1.807) is 12.1 Å². The van der Waals surface area contributed by atoms with Gasteiger partial charge >= 0.3 is 24.9 Å². The van der Waals surface area contributed by atoms with Crippen LogP contribution in [0.2, 0.25) is 0 Å². The predicted octanol–water partition coefficient (Wildman–Crippen LogP) is 6.18. The summed E-state index contributed by atoms with van der Waals surface area (Å²) in [5.41, 5.74) is 1.90. The summed E-state index contributed by atoms with van der Waals surface area (Å²) >= 11 is 0. The summed E-state index contributed by atoms with van der Waals surface area (Å²) in [6.07, 6.45) is -0.473. The summed E-state index contributed by atoms with van der Waals surface area (Å²) in [7, 11) is -4.26. The molecule has 0 aliphatic rings. The van der Waals surface area contributed by atoms with Crippen molar-refractivity contribution >= 4 is 25.1 Å². The maximum atomic E-state index is 14.0. The van der Waals surface area contributed by atoms with Crippen molar-refractivity contribution in [3.05, 3.63) is 41.2 Å². The minimum Gasteiger partial charge on any atom is -0.478 e. The Bertz CT molecular complexity index is 850. The molecule has 1 rings (SSSR count). The van der Waals surface area contributed by atoms with Crippen molar-refractivity contribution in [2.45, 2.75) is 65.7 Å². The van der Waals surface area contributed by atoms with E-state index >= 15 is 0 Å². The van der Waals surface area contributed by atoms with Crippen molar-refractivity contribution in [1.29, 1.82) is 0 Å². The van der Waals surface area contributed by atoms with Crippen molar-refractivity contribution in [2.24, 2.45) is 0 Å². The van der Waals surface area contributed by atoms with Crippen molar-refractivity contribution in [3.63, 3.8) is 0 Å². The Balaban J connectivity index is 0.000000607. The van der Waals surface area contributed by atoms with Gasteiger partial charge in [-0.05, 0) is 42.9 Å². The van der Waals surface area contributed by atoms with E-state index in [1.165, 1.54) is 27.7 Å². The molecule has 7 nitrogen and oxygen atoms in total. The zero-order valence-corrected chi connectivity index (χ0v) is 20.5. The standard InChI is InChI=1S/C14H17FO2.C8H16FO5P/c1-9(12(15)13(16)17)10-5-7-11(8-6-10)14(2,3)4;1-4-8(9,7(10)11)15(12,13-5-2)14-6-3/h5-8H,1-4H3,(H,16,17);4-6H2,1-3H3,(H,10,11). The van der Waals surface area contributed by atoms with Crippen LogP contribution in [-0.4, -0.2) is 40.8 Å². The Hall–Kier alpha value is -2.09. The molecule has 0 heterocycles. The quantitative estimate of drug-likeness (QED) is 0.322. The van der Waals surface area contributed by atoms with Crippen LogP contribution in [0.25, 0.3) is 5.57 Å². The molecule has 1 aromatic carbocycles. The lowest BCUT2D eigenvalue weighted by molar-refractivity contribution is -0.146. The van der Waals surface area contributed by atoms with E-state index in [0.717, 1.165) is 5.56 Å². The Morgan fingerprint density at radius 3 is 1.72 bits per heavy atom. The molecule has 0 saturated carbocycles. The molecule has 0 fully saturated rings. The first-order valence-corrected chi connectivity index (χ1v) is 11.7. The summed E-state index contributed by atoms with van der Waals surface area (Å²) in [5.74, 6) is -4.45. The molecule has 32 heavy (non-hydrogen) atoms. The largest absolute Gasteiger partial charge is 0.478 e. The zero-order chi connectivity index (χ0) is 25.3. The molecular formula is C22H33F2O7P. The topological polar surface area (TPSA) is 110 Å². The minimum absolute atomic E-state index is 0.0293. The van der Waals surface area contributed by atoms with Gasteiger partial charge in [-0.25, -0.2) is 14.0 Å². The molecule has 0 spiro atoms. The Kier molecular flexibility index (Phi) is 11.4. The van der Waals surface area contributed by atoms with Crippen LogP contribution >= 0.6 is 7.60 Å². The van der Waals surface area contributed by atoms with Crippen LogP contribution < -0.4 is 0 Å². The number of hydrogen-bond donors (Lipinski definition) is 2. The third-order valence-electron chi connectivity index (χ3n) is 4.53. The maximum Gasteiger partial charge on any atom is 0.379 e. The average molecular weight is 478 g/mol. The number of alkyl halides is 1. The van der Waals surface area contributed by atoms with E-state index < -0.39 is 37.2 Å². The van der Waals surface area contributed by atoms with Gasteiger partial charge in [-0.1, -0.05) is 52.0 Å². The summed E-state index contributed by atoms with van der Waals surface area (Å²) in [5, 5.41) is 14.3. The fourth-order valence-corrected chi connectivity index (χ4v) is 4.34. The molecule has 0 radical (unpaired) electrons. The summed E-state index contributed by atoms with van der Waals surface area (Å²) in [6, 6.07) is 7.29. The van der Waals surface area contributed by atoms with E-state index in [0.29, 0.717) is 5.56 Å². The Labute approximate surface area is 188 Å². The number of carboxylic acids is 2. The van der Waals surface area contributed by atoms with Gasteiger partial charge in [0, 0.05) is 6.42 Å². The van der Waals surface area contributed by atoms with Crippen molar-refractivity contribution in [1.82, 2.24) is 0 Å². The van der Waals surface area contributed by atoms with Gasteiger partial charge in [-0.2, -0.15) is 4.39 Å². The first-order chi connectivity index (χ1) is 14.6. The fourth-order valence-electron chi connectivity index (χ4n) is 2.55. The molecule has 10 heteroatoms. The van der Waals surface area contributed by atoms with E-state index in [-0.39, 0.29) is 24.2 Å². The summed E-state index contributed by atoms with van der Waals surface area (Å²) in [4.78, 5) is 21.2. The normalized spacial score (nSPS) is 14.5. The van der Waals surface area contributed by atoms with Crippen LogP contribution in [0.5, 0.6) is 0 Å². The Morgan fingerprint density at radius 2 is 1.44 bits per heavy atom. The smallest absolute Gasteiger partial charge is 0.379 e. The number of benzene rings is 1. The molecule has 1 aromatic rings. The van der Waals surface area contributed by atoms with Gasteiger partial charge in [0.2, 0.25) is 5.83 Å². The highest BCUT2D eigenvalue weighted by Gasteiger charge is 2.57. The molecule has 0 aliphatic carbocycles. The second-order valence-electron chi connectivity index (χ2n) is 7.82. The second-order valence-corrected chi connectivity index (χ2v) is 10.0. The molecule has 1 atom stereocenters. The average Bonchev–Trinajstić information content (AvgIpc) is 2.72. The van der Waals surface area contributed by atoms with Gasteiger partial charge in [0.15, 0.2) is 0 Å². The minimum atomic E-state index is -4.26. The molecule has 182 valence electrons. The first-order valence-electron chi connectivity index (χ1n) is 10.1. The predicted molar refractivity (Wildman–Crippen MR) is 119 cm³/mol. The maximum absolute atomic E-state index is 14.0.